The van der Waals surface area contributed by atoms with Crippen LogP contribution in [0.25, 0.3) is 0 Å². The largest absolute Gasteiger partial charge is 0.508 e. The Morgan fingerprint density at radius 3 is 2.13 bits per heavy atom. The Bertz CT molecular complexity index is 633. The zero-order chi connectivity index (χ0) is 16.4. The fourth-order valence-corrected chi connectivity index (χ4v) is 5.47. The average molecular weight is 379 g/mol. The van der Waals surface area contributed by atoms with Gasteiger partial charge in [0.15, 0.2) is 0 Å². The number of rotatable bonds is 3. The van der Waals surface area contributed by atoms with Gasteiger partial charge in [0.05, 0.1) is 17.0 Å². The van der Waals surface area contributed by atoms with Gasteiger partial charge in [-0.1, -0.05) is 29.8 Å². The lowest BCUT2D eigenvalue weighted by Gasteiger charge is -2.66. The summed E-state index contributed by atoms with van der Waals surface area (Å²) in [5, 5.41) is 10.4. The molecule has 1 aromatic rings. The Labute approximate surface area is 145 Å². The maximum atomic E-state index is 13.1. The molecule has 4 bridgehead atoms. The van der Waals surface area contributed by atoms with Gasteiger partial charge < -0.3 is 5.11 Å². The molecule has 0 aliphatic carbocycles. The number of Topliss-reactive ketones (excluding diaryl/α,β-unsaturated/α-hetero) is 1. The SMILES string of the molecule is CCC12CN3CC(CC)(CN(C1)C3c1cc(Br)ccc1O)C2=O. The van der Waals surface area contributed by atoms with E-state index in [0.29, 0.717) is 11.5 Å². The first-order chi connectivity index (χ1) is 10.9. The molecule has 0 radical (unpaired) electrons. The maximum Gasteiger partial charge on any atom is 0.150 e. The third-order valence-electron chi connectivity index (χ3n) is 6.30. The molecule has 124 valence electrons. The molecule has 0 saturated carbocycles. The van der Waals surface area contributed by atoms with Crippen LogP contribution in [0.3, 0.4) is 0 Å². The van der Waals surface area contributed by atoms with E-state index in [4.69, 9.17) is 0 Å². The molecule has 4 heterocycles. The van der Waals surface area contributed by atoms with E-state index in [-0.39, 0.29) is 17.0 Å². The predicted molar refractivity (Wildman–Crippen MR) is 92.1 cm³/mol. The van der Waals surface area contributed by atoms with E-state index in [0.717, 1.165) is 49.1 Å². The van der Waals surface area contributed by atoms with Gasteiger partial charge in [-0.2, -0.15) is 0 Å². The van der Waals surface area contributed by atoms with E-state index in [2.05, 4.69) is 39.6 Å². The second-order valence-corrected chi connectivity index (χ2v) is 8.40. The molecule has 0 spiro atoms. The summed E-state index contributed by atoms with van der Waals surface area (Å²) < 4.78 is 0.980. The second-order valence-electron chi connectivity index (χ2n) is 7.48. The highest BCUT2D eigenvalue weighted by Gasteiger charge is 2.64. The summed E-state index contributed by atoms with van der Waals surface area (Å²) in [6.07, 6.45) is 1.88. The van der Waals surface area contributed by atoms with E-state index in [1.807, 2.05) is 12.1 Å². The van der Waals surface area contributed by atoms with Crippen LogP contribution in [0.5, 0.6) is 5.75 Å². The fraction of sp³-hybridized carbons (Fsp3) is 0.611. The number of carbonyl (C=O) groups is 1. The molecule has 23 heavy (non-hydrogen) atoms. The van der Waals surface area contributed by atoms with Crippen molar-refractivity contribution in [1.29, 1.82) is 0 Å². The van der Waals surface area contributed by atoms with Gasteiger partial charge in [-0.05, 0) is 31.0 Å². The van der Waals surface area contributed by atoms with Crippen LogP contribution in [0.4, 0.5) is 0 Å². The Kier molecular flexibility index (Phi) is 3.42. The number of aromatic hydroxyl groups is 1. The van der Waals surface area contributed by atoms with E-state index in [1.165, 1.54) is 0 Å². The van der Waals surface area contributed by atoms with Gasteiger partial charge in [0, 0.05) is 36.2 Å². The fourth-order valence-electron chi connectivity index (χ4n) is 5.09. The van der Waals surface area contributed by atoms with Gasteiger partial charge in [0.2, 0.25) is 0 Å². The van der Waals surface area contributed by atoms with Crippen molar-refractivity contribution in [3.05, 3.63) is 28.2 Å². The normalized spacial score (nSPS) is 41.5. The van der Waals surface area contributed by atoms with Gasteiger partial charge in [-0.3, -0.25) is 14.6 Å². The van der Waals surface area contributed by atoms with Gasteiger partial charge in [0.25, 0.3) is 0 Å². The van der Waals surface area contributed by atoms with Crippen molar-refractivity contribution in [3.63, 3.8) is 0 Å². The van der Waals surface area contributed by atoms with Crippen molar-refractivity contribution in [2.75, 3.05) is 26.2 Å². The molecular weight excluding hydrogens is 356 g/mol. The van der Waals surface area contributed by atoms with Crippen LogP contribution in [0.15, 0.2) is 22.7 Å². The number of phenolic OH excluding ortho intramolecular Hbond substituents is 1. The Morgan fingerprint density at radius 1 is 1.13 bits per heavy atom. The quantitative estimate of drug-likeness (QED) is 0.876. The third kappa shape index (κ3) is 1.99. The molecule has 4 saturated heterocycles. The number of hydrogen-bond acceptors (Lipinski definition) is 4. The monoisotopic (exact) mass is 378 g/mol. The lowest BCUT2D eigenvalue weighted by atomic mass is 9.58. The van der Waals surface area contributed by atoms with Crippen molar-refractivity contribution in [3.8, 4) is 5.75 Å². The molecule has 1 N–H and O–H groups in total. The lowest BCUT2D eigenvalue weighted by Crippen LogP contribution is -2.76. The van der Waals surface area contributed by atoms with Crippen LogP contribution in [0.2, 0.25) is 0 Å². The Morgan fingerprint density at radius 2 is 1.65 bits per heavy atom. The summed E-state index contributed by atoms with van der Waals surface area (Å²) in [5.74, 6) is 0.826. The summed E-state index contributed by atoms with van der Waals surface area (Å²) in [5.41, 5.74) is 0.512. The molecule has 0 aromatic heterocycles. The zero-order valence-electron chi connectivity index (χ0n) is 13.7. The van der Waals surface area contributed by atoms with Crippen molar-refractivity contribution in [2.45, 2.75) is 32.9 Å². The van der Waals surface area contributed by atoms with E-state index < -0.39 is 0 Å². The van der Waals surface area contributed by atoms with E-state index in [9.17, 15) is 9.90 Å². The number of carbonyl (C=O) groups excluding carboxylic acids is 1. The second kappa shape index (κ2) is 5.04. The average Bonchev–Trinajstić information content (AvgIpc) is 2.54. The molecule has 4 fully saturated rings. The molecule has 4 nitrogen and oxygen atoms in total. The highest BCUT2D eigenvalue weighted by Crippen LogP contribution is 2.55. The molecule has 4 aliphatic heterocycles. The van der Waals surface area contributed by atoms with Gasteiger partial charge in [-0.25, -0.2) is 0 Å². The van der Waals surface area contributed by atoms with Crippen molar-refractivity contribution in [1.82, 2.24) is 9.80 Å². The summed E-state index contributed by atoms with van der Waals surface area (Å²) in [6.45, 7) is 7.55. The van der Waals surface area contributed by atoms with E-state index in [1.54, 1.807) is 6.07 Å². The molecule has 0 amide bonds. The number of ketones is 1. The molecule has 0 atom stereocenters. The standard InChI is InChI=1S/C18H23BrN2O2/c1-3-17-8-20-10-18(4-2,16(17)23)11-21(9-17)15(20)13-7-12(19)5-6-14(13)22/h5-7,15,22H,3-4,8-11H2,1-2H3. The topological polar surface area (TPSA) is 43.8 Å². The smallest absolute Gasteiger partial charge is 0.150 e. The first-order valence-corrected chi connectivity index (χ1v) is 9.25. The van der Waals surface area contributed by atoms with E-state index >= 15 is 0 Å². The summed E-state index contributed by atoms with van der Waals surface area (Å²) >= 11 is 3.52. The van der Waals surface area contributed by atoms with Crippen LogP contribution in [0, 0.1) is 10.8 Å². The maximum absolute atomic E-state index is 13.1. The number of phenols is 1. The molecule has 0 unspecified atom stereocenters. The first-order valence-electron chi connectivity index (χ1n) is 8.46. The van der Waals surface area contributed by atoms with Crippen LogP contribution in [-0.2, 0) is 4.79 Å². The number of nitrogens with zero attached hydrogens (tertiary/aromatic N) is 2. The predicted octanol–water partition coefficient (Wildman–Crippen LogP) is 3.16. The van der Waals surface area contributed by atoms with Gasteiger partial charge in [0.1, 0.15) is 11.5 Å². The third-order valence-corrected chi connectivity index (χ3v) is 6.79. The van der Waals surface area contributed by atoms with Crippen LogP contribution >= 0.6 is 15.9 Å². The lowest BCUT2D eigenvalue weighted by molar-refractivity contribution is -0.204. The van der Waals surface area contributed by atoms with Crippen molar-refractivity contribution >= 4 is 21.7 Å². The minimum absolute atomic E-state index is 0.0833. The Hall–Kier alpha value is -0.910. The van der Waals surface area contributed by atoms with Gasteiger partial charge >= 0.3 is 0 Å². The summed E-state index contributed by atoms with van der Waals surface area (Å²) in [7, 11) is 0. The highest BCUT2D eigenvalue weighted by atomic mass is 79.9. The van der Waals surface area contributed by atoms with Crippen LogP contribution in [0.1, 0.15) is 38.4 Å². The first kappa shape index (κ1) is 15.6. The van der Waals surface area contributed by atoms with Gasteiger partial charge in [-0.15, -0.1) is 0 Å². The molecule has 5 heteroatoms. The number of piperidine rings is 2. The highest BCUT2D eigenvalue weighted by molar-refractivity contribution is 9.10. The minimum Gasteiger partial charge on any atom is -0.508 e. The summed E-state index contributed by atoms with van der Waals surface area (Å²) in [6, 6.07) is 5.63. The molecular formula is C18H23BrN2O2. The molecule has 4 aliphatic rings. The van der Waals surface area contributed by atoms with Crippen molar-refractivity contribution in [2.24, 2.45) is 10.8 Å². The zero-order valence-corrected chi connectivity index (χ0v) is 15.3. The van der Waals surface area contributed by atoms with Crippen molar-refractivity contribution < 1.29 is 9.90 Å². The van der Waals surface area contributed by atoms with Crippen LogP contribution < -0.4 is 0 Å². The Balaban J connectivity index is 1.79. The minimum atomic E-state index is -0.218. The number of halogens is 1. The molecule has 5 rings (SSSR count). The summed E-state index contributed by atoms with van der Waals surface area (Å²) in [4.78, 5) is 18.0. The molecule has 1 aromatic carbocycles. The number of benzene rings is 1. The number of hydrogen-bond donors (Lipinski definition) is 1. The van der Waals surface area contributed by atoms with Crippen LogP contribution in [-0.4, -0.2) is 46.9 Å².